The molecule has 2 aliphatic heterocycles. The molecule has 4 aromatic heterocycles. The van der Waals surface area contributed by atoms with Gasteiger partial charge in [0.05, 0.1) is 29.5 Å². The van der Waals surface area contributed by atoms with Crippen LogP contribution in [-0.4, -0.2) is 60.6 Å². The Labute approximate surface area is 209 Å². The average Bonchev–Trinajstić information content (AvgIpc) is 3.62. The van der Waals surface area contributed by atoms with Crippen molar-refractivity contribution >= 4 is 28.5 Å². The molecule has 0 unspecified atom stereocenters. The number of hydrogen-bond acceptors (Lipinski definition) is 8. The molecular formula is C26H32N10. The van der Waals surface area contributed by atoms with E-state index in [1.54, 1.807) is 4.68 Å². The van der Waals surface area contributed by atoms with E-state index in [4.69, 9.17) is 20.7 Å². The van der Waals surface area contributed by atoms with Crippen LogP contribution >= 0.6 is 0 Å². The number of aromatic nitrogens is 7. The molecule has 10 heteroatoms. The highest BCUT2D eigenvalue weighted by molar-refractivity contribution is 5.87. The summed E-state index contributed by atoms with van der Waals surface area (Å²) in [5.74, 6) is 1.73. The van der Waals surface area contributed by atoms with Gasteiger partial charge in [0, 0.05) is 44.5 Å². The fourth-order valence-electron chi connectivity index (χ4n) is 6.47. The number of aryl methyl sites for hydroxylation is 2. The van der Waals surface area contributed by atoms with Crippen LogP contribution in [0, 0.1) is 5.41 Å². The van der Waals surface area contributed by atoms with Crippen molar-refractivity contribution in [2.24, 2.45) is 18.2 Å². The van der Waals surface area contributed by atoms with Gasteiger partial charge in [-0.05, 0) is 56.1 Å². The van der Waals surface area contributed by atoms with Crippen molar-refractivity contribution in [1.29, 1.82) is 0 Å². The van der Waals surface area contributed by atoms with Crippen LogP contribution in [0.15, 0.2) is 30.7 Å². The third-order valence-electron chi connectivity index (χ3n) is 8.59. The van der Waals surface area contributed by atoms with Gasteiger partial charge in [0.1, 0.15) is 5.82 Å². The maximum absolute atomic E-state index is 6.48. The average molecular weight is 485 g/mol. The van der Waals surface area contributed by atoms with E-state index in [-0.39, 0.29) is 0 Å². The molecule has 0 amide bonds. The second-order valence-corrected chi connectivity index (χ2v) is 10.6. The normalized spacial score (nSPS) is 21.4. The monoisotopic (exact) mass is 484 g/mol. The molecule has 0 radical (unpaired) electrons. The summed E-state index contributed by atoms with van der Waals surface area (Å²) in [5, 5.41) is 12.1. The molecule has 7 rings (SSSR count). The molecule has 1 saturated heterocycles. The van der Waals surface area contributed by atoms with Crippen LogP contribution < -0.4 is 15.5 Å². The highest BCUT2D eigenvalue weighted by Crippen LogP contribution is 2.46. The number of nitrogens with two attached hydrogens (primary N) is 1. The number of aromatic amines is 1. The smallest absolute Gasteiger partial charge is 0.183 e. The number of nitrogens with zero attached hydrogens (tertiary/aromatic N) is 8. The van der Waals surface area contributed by atoms with Gasteiger partial charge in [-0.3, -0.25) is 14.8 Å². The number of H-pyrrole nitrogens is 1. The molecule has 1 atom stereocenters. The fourth-order valence-corrected chi connectivity index (χ4v) is 6.47. The van der Waals surface area contributed by atoms with Gasteiger partial charge in [0.2, 0.25) is 0 Å². The summed E-state index contributed by atoms with van der Waals surface area (Å²) in [6, 6.07) is 4.56. The molecule has 3 N–H and O–H groups in total. The molecule has 36 heavy (non-hydrogen) atoms. The van der Waals surface area contributed by atoms with Gasteiger partial charge in [-0.15, -0.1) is 0 Å². The van der Waals surface area contributed by atoms with Crippen molar-refractivity contribution in [2.75, 3.05) is 29.4 Å². The summed E-state index contributed by atoms with van der Waals surface area (Å²) in [6.45, 7) is 2.84. The standard InChI is InChI=1S/C26H32N10/c1-34-16-17(14-29-34)18-6-7-20-19(30-18)4-3-11-36(20)25-23-24(32-33-25)31-22(15-28-23)35-12-9-26(10-13-35)8-2-5-21(26)27/h6-7,14-16,21H,2-5,8-13,27H2,1H3,(H,31,32,33)/t21-/m1/s1. The number of pyridine rings is 1. The Morgan fingerprint density at radius 3 is 2.72 bits per heavy atom. The molecule has 186 valence electrons. The third kappa shape index (κ3) is 3.46. The second kappa shape index (κ2) is 8.26. The summed E-state index contributed by atoms with van der Waals surface area (Å²) in [6.07, 6.45) is 13.7. The van der Waals surface area contributed by atoms with Crippen molar-refractivity contribution in [3.63, 3.8) is 0 Å². The van der Waals surface area contributed by atoms with Crippen molar-refractivity contribution in [2.45, 2.75) is 51.0 Å². The lowest BCUT2D eigenvalue weighted by atomic mass is 9.74. The molecule has 1 aliphatic carbocycles. The van der Waals surface area contributed by atoms with E-state index in [0.717, 1.165) is 90.8 Å². The Hall–Kier alpha value is -3.53. The van der Waals surface area contributed by atoms with Gasteiger partial charge in [-0.25, -0.2) is 9.97 Å². The minimum atomic E-state index is 0.335. The van der Waals surface area contributed by atoms with Crippen LogP contribution in [0.2, 0.25) is 0 Å². The van der Waals surface area contributed by atoms with E-state index in [9.17, 15) is 0 Å². The van der Waals surface area contributed by atoms with Gasteiger partial charge in [0.25, 0.3) is 0 Å². The number of anilines is 3. The van der Waals surface area contributed by atoms with Crippen LogP contribution in [0.1, 0.15) is 44.2 Å². The molecule has 0 aromatic carbocycles. The lowest BCUT2D eigenvalue weighted by molar-refractivity contribution is 0.197. The minimum absolute atomic E-state index is 0.335. The van der Waals surface area contributed by atoms with Crippen LogP contribution in [0.4, 0.5) is 17.3 Å². The Balaban J connectivity index is 1.15. The number of rotatable bonds is 3. The predicted molar refractivity (Wildman–Crippen MR) is 139 cm³/mol. The van der Waals surface area contributed by atoms with Crippen LogP contribution in [0.3, 0.4) is 0 Å². The summed E-state index contributed by atoms with van der Waals surface area (Å²) < 4.78 is 1.80. The Bertz CT molecular complexity index is 1410. The zero-order chi connectivity index (χ0) is 24.3. The Morgan fingerprint density at radius 1 is 1.06 bits per heavy atom. The molecule has 0 bridgehead atoms. The van der Waals surface area contributed by atoms with Gasteiger partial charge >= 0.3 is 0 Å². The minimum Gasteiger partial charge on any atom is -0.355 e. The number of fused-ring (bicyclic) bond motifs is 2. The number of piperidine rings is 1. The summed E-state index contributed by atoms with van der Waals surface area (Å²) >= 11 is 0. The molecule has 4 aromatic rings. The summed E-state index contributed by atoms with van der Waals surface area (Å²) in [5.41, 5.74) is 12.5. The van der Waals surface area contributed by atoms with E-state index in [1.807, 2.05) is 25.6 Å². The van der Waals surface area contributed by atoms with Crippen molar-refractivity contribution in [1.82, 2.24) is 34.9 Å². The lowest BCUT2D eigenvalue weighted by Gasteiger charge is -2.42. The third-order valence-corrected chi connectivity index (χ3v) is 8.59. The van der Waals surface area contributed by atoms with Crippen molar-refractivity contribution in [3.8, 4) is 11.3 Å². The van der Waals surface area contributed by atoms with Crippen molar-refractivity contribution in [3.05, 3.63) is 36.4 Å². The van der Waals surface area contributed by atoms with E-state index < -0.39 is 0 Å². The first-order chi connectivity index (χ1) is 17.6. The first-order valence-corrected chi connectivity index (χ1v) is 13.1. The molecular weight excluding hydrogens is 452 g/mol. The van der Waals surface area contributed by atoms with Gasteiger partial charge < -0.3 is 15.5 Å². The highest BCUT2D eigenvalue weighted by atomic mass is 15.3. The van der Waals surface area contributed by atoms with E-state index >= 15 is 0 Å². The lowest BCUT2D eigenvalue weighted by Crippen LogP contribution is -2.47. The van der Waals surface area contributed by atoms with Gasteiger partial charge in [-0.1, -0.05) is 6.42 Å². The van der Waals surface area contributed by atoms with Crippen molar-refractivity contribution < 1.29 is 0 Å². The second-order valence-electron chi connectivity index (χ2n) is 10.6. The first-order valence-electron chi connectivity index (χ1n) is 13.1. The van der Waals surface area contributed by atoms with Gasteiger partial charge in [0.15, 0.2) is 17.0 Å². The SMILES string of the molecule is Cn1cc(-c2ccc3c(n2)CCCN3c2n[nH]c3nc(N4CCC5(CCC[C@H]5N)CC4)cnc23)cn1. The zero-order valence-electron chi connectivity index (χ0n) is 20.7. The first kappa shape index (κ1) is 21.7. The van der Waals surface area contributed by atoms with Gasteiger partial charge in [-0.2, -0.15) is 10.2 Å². The Kier molecular flexibility index (Phi) is 4.99. The maximum atomic E-state index is 6.48. The summed E-state index contributed by atoms with van der Waals surface area (Å²) in [7, 11) is 1.92. The molecule has 2 fully saturated rings. The van der Waals surface area contributed by atoms with E-state index in [1.165, 1.54) is 19.3 Å². The molecule has 6 heterocycles. The molecule has 1 spiro atoms. The fraction of sp³-hybridized carbons (Fsp3) is 0.500. The zero-order valence-corrected chi connectivity index (χ0v) is 20.7. The predicted octanol–water partition coefficient (Wildman–Crippen LogP) is 3.33. The number of nitrogens with one attached hydrogen (secondary N) is 1. The summed E-state index contributed by atoms with van der Waals surface area (Å²) in [4.78, 5) is 19.3. The molecule has 3 aliphatic rings. The highest BCUT2D eigenvalue weighted by Gasteiger charge is 2.43. The Morgan fingerprint density at radius 2 is 1.94 bits per heavy atom. The van der Waals surface area contributed by atoms with E-state index in [0.29, 0.717) is 11.5 Å². The van der Waals surface area contributed by atoms with Crippen LogP contribution in [-0.2, 0) is 13.5 Å². The topological polar surface area (TPSA) is 118 Å². The molecule has 10 nitrogen and oxygen atoms in total. The van der Waals surface area contributed by atoms with Crippen LogP contribution in [0.5, 0.6) is 0 Å². The quantitative estimate of drug-likeness (QED) is 0.455. The largest absolute Gasteiger partial charge is 0.355 e. The molecule has 1 saturated carbocycles. The maximum Gasteiger partial charge on any atom is 0.183 e. The van der Waals surface area contributed by atoms with Crippen LogP contribution in [0.25, 0.3) is 22.4 Å². The van der Waals surface area contributed by atoms with E-state index in [2.05, 4.69) is 37.2 Å². The number of hydrogen-bond donors (Lipinski definition) is 2.